The van der Waals surface area contributed by atoms with Crippen molar-refractivity contribution in [3.63, 3.8) is 0 Å². The molecule has 2 saturated carbocycles. The third kappa shape index (κ3) is 3.68. The van der Waals surface area contributed by atoms with Crippen molar-refractivity contribution in [2.45, 2.75) is 37.1 Å². The second-order valence-corrected chi connectivity index (χ2v) is 9.72. The van der Waals surface area contributed by atoms with E-state index in [0.717, 1.165) is 34.1 Å². The van der Waals surface area contributed by atoms with Crippen molar-refractivity contribution >= 4 is 16.6 Å². The van der Waals surface area contributed by atoms with Crippen molar-refractivity contribution in [3.8, 4) is 23.1 Å². The van der Waals surface area contributed by atoms with E-state index >= 15 is 0 Å². The van der Waals surface area contributed by atoms with E-state index in [1.54, 1.807) is 34.9 Å². The first kappa shape index (κ1) is 22.1. The molecule has 37 heavy (non-hydrogen) atoms. The second-order valence-electron chi connectivity index (χ2n) is 9.72. The van der Waals surface area contributed by atoms with Gasteiger partial charge in [-0.05, 0) is 36.0 Å². The lowest BCUT2D eigenvalue weighted by molar-refractivity contribution is 0.0945. The van der Waals surface area contributed by atoms with Crippen LogP contribution in [0.4, 0.5) is 8.78 Å². The number of imidazole rings is 1. The molecular weight excluding hydrogens is 480 g/mol. The number of halogens is 2. The van der Waals surface area contributed by atoms with Crippen LogP contribution < -0.4 is 9.47 Å². The van der Waals surface area contributed by atoms with E-state index in [9.17, 15) is 8.78 Å². The number of hydrogen-bond donors (Lipinski definition) is 0. The summed E-state index contributed by atoms with van der Waals surface area (Å²) in [6.45, 7) is 0.238. The largest absolute Gasteiger partial charge is 0.480 e. The van der Waals surface area contributed by atoms with E-state index in [1.807, 2.05) is 18.3 Å². The number of rotatable bonds is 7. The number of alkyl halides is 2. The zero-order chi connectivity index (χ0) is 25.3. The quantitative estimate of drug-likeness (QED) is 0.323. The van der Waals surface area contributed by atoms with E-state index in [1.165, 1.54) is 7.11 Å². The molecule has 4 aromatic heterocycles. The van der Waals surface area contributed by atoms with Gasteiger partial charge in [-0.1, -0.05) is 12.1 Å². The van der Waals surface area contributed by atoms with Crippen LogP contribution in [0.2, 0.25) is 0 Å². The average molecular weight is 504 g/mol. The maximum atomic E-state index is 13.5. The summed E-state index contributed by atoms with van der Waals surface area (Å²) in [5.41, 5.74) is 5.25. The highest BCUT2D eigenvalue weighted by Crippen LogP contribution is 2.56. The van der Waals surface area contributed by atoms with Gasteiger partial charge in [0.15, 0.2) is 5.65 Å². The first-order valence-corrected chi connectivity index (χ1v) is 12.1. The molecule has 0 amide bonds. The molecule has 0 N–H and O–H groups in total. The minimum Gasteiger partial charge on any atom is -0.480 e. The minimum absolute atomic E-state index is 0.0621. The number of methoxy groups -OCH3 is 2. The maximum Gasteiger partial charge on any atom is 0.319 e. The summed E-state index contributed by atoms with van der Waals surface area (Å²) in [6, 6.07) is 8.47. The van der Waals surface area contributed by atoms with Gasteiger partial charge in [0.2, 0.25) is 5.88 Å². The SMILES string of the molecule is COc1ncc(-c2cc(C3CC3c3ccc4cnn(CC5CC5(F)F)c4c3)c3nccn3n2)c(OC)n1. The summed E-state index contributed by atoms with van der Waals surface area (Å²) in [7, 11) is 3.05. The average Bonchev–Trinajstić information content (AvgIpc) is 3.68. The number of aromatic nitrogens is 7. The predicted molar refractivity (Wildman–Crippen MR) is 130 cm³/mol. The molecule has 0 spiro atoms. The smallest absolute Gasteiger partial charge is 0.319 e. The highest BCUT2D eigenvalue weighted by molar-refractivity contribution is 5.80. The summed E-state index contributed by atoms with van der Waals surface area (Å²) in [5, 5.41) is 10.0. The lowest BCUT2D eigenvalue weighted by atomic mass is 10.0. The van der Waals surface area contributed by atoms with Gasteiger partial charge in [0, 0.05) is 41.9 Å². The molecule has 0 radical (unpaired) electrons. The Morgan fingerprint density at radius 3 is 2.73 bits per heavy atom. The molecular formula is C26H23F2N7O2. The van der Waals surface area contributed by atoms with Gasteiger partial charge in [-0.2, -0.15) is 15.2 Å². The fourth-order valence-corrected chi connectivity index (χ4v) is 5.17. The Morgan fingerprint density at radius 1 is 1.08 bits per heavy atom. The highest BCUT2D eigenvalue weighted by atomic mass is 19.3. The normalized spacial score (nSPS) is 21.9. The fourth-order valence-electron chi connectivity index (χ4n) is 5.17. The fraction of sp³-hybridized carbons (Fsp3) is 0.346. The van der Waals surface area contributed by atoms with Crippen molar-refractivity contribution in [3.05, 3.63) is 60.2 Å². The molecule has 7 rings (SSSR count). The van der Waals surface area contributed by atoms with Gasteiger partial charge < -0.3 is 9.47 Å². The van der Waals surface area contributed by atoms with Crippen LogP contribution in [0.1, 0.15) is 35.8 Å². The molecule has 2 aliphatic carbocycles. The Labute approximate surface area is 210 Å². The van der Waals surface area contributed by atoms with Gasteiger partial charge in [-0.3, -0.25) is 4.68 Å². The van der Waals surface area contributed by atoms with E-state index in [4.69, 9.17) is 14.6 Å². The Kier molecular flexibility index (Phi) is 4.73. The zero-order valence-corrected chi connectivity index (χ0v) is 20.2. The lowest BCUT2D eigenvalue weighted by Crippen LogP contribution is -2.06. The number of nitrogens with zero attached hydrogens (tertiary/aromatic N) is 7. The molecule has 1 aromatic carbocycles. The summed E-state index contributed by atoms with van der Waals surface area (Å²) in [5.74, 6) is -2.31. The second kappa shape index (κ2) is 7.92. The van der Waals surface area contributed by atoms with Crippen LogP contribution in [0, 0.1) is 5.92 Å². The minimum atomic E-state index is -2.57. The van der Waals surface area contributed by atoms with Gasteiger partial charge in [0.1, 0.15) is 0 Å². The molecule has 11 heteroatoms. The Balaban J connectivity index is 1.23. The molecule has 4 heterocycles. The molecule has 2 fully saturated rings. The Hall–Kier alpha value is -4.15. The van der Waals surface area contributed by atoms with E-state index in [-0.39, 0.29) is 30.8 Å². The molecule has 188 valence electrons. The van der Waals surface area contributed by atoms with Gasteiger partial charge in [-0.15, -0.1) is 0 Å². The zero-order valence-electron chi connectivity index (χ0n) is 20.2. The van der Waals surface area contributed by atoms with Gasteiger partial charge in [0.25, 0.3) is 5.92 Å². The Bertz CT molecular complexity index is 1660. The summed E-state index contributed by atoms with van der Waals surface area (Å²) < 4.78 is 41.1. The van der Waals surface area contributed by atoms with Gasteiger partial charge in [0.05, 0.1) is 43.7 Å². The Morgan fingerprint density at radius 2 is 1.95 bits per heavy atom. The number of ether oxygens (including phenoxy) is 2. The molecule has 9 nitrogen and oxygen atoms in total. The summed E-state index contributed by atoms with van der Waals surface area (Å²) in [4.78, 5) is 13.1. The van der Waals surface area contributed by atoms with Crippen LogP contribution in [-0.2, 0) is 6.54 Å². The standard InChI is InChI=1S/C26H23F2N7O2/c1-36-24-20(12-30-25(32-24)37-2)21-9-19(23-29-5-6-34(23)33-21)18-8-17(18)14-3-4-15-11-31-35(22(15)7-14)13-16-10-26(16,27)28/h3-7,9,11-12,16-18H,8,10,13H2,1-2H3. The van der Waals surface area contributed by atoms with E-state index in [0.29, 0.717) is 17.1 Å². The molecule has 3 atom stereocenters. The number of benzene rings is 1. The van der Waals surface area contributed by atoms with Crippen LogP contribution >= 0.6 is 0 Å². The van der Waals surface area contributed by atoms with Crippen LogP contribution in [0.25, 0.3) is 27.8 Å². The summed E-state index contributed by atoms with van der Waals surface area (Å²) in [6.07, 6.45) is 7.82. The maximum absolute atomic E-state index is 13.5. The highest BCUT2D eigenvalue weighted by Gasteiger charge is 2.57. The van der Waals surface area contributed by atoms with Crippen molar-refractivity contribution in [1.29, 1.82) is 0 Å². The van der Waals surface area contributed by atoms with Crippen LogP contribution in [0.5, 0.6) is 11.9 Å². The molecule has 0 bridgehead atoms. The van der Waals surface area contributed by atoms with Crippen LogP contribution in [0.3, 0.4) is 0 Å². The van der Waals surface area contributed by atoms with Crippen molar-refractivity contribution < 1.29 is 18.3 Å². The monoisotopic (exact) mass is 503 g/mol. The van der Waals surface area contributed by atoms with Crippen molar-refractivity contribution in [2.75, 3.05) is 14.2 Å². The summed E-state index contributed by atoms with van der Waals surface area (Å²) >= 11 is 0. The molecule has 2 aliphatic rings. The topological polar surface area (TPSA) is 92.3 Å². The molecule has 3 unspecified atom stereocenters. The van der Waals surface area contributed by atoms with Crippen LogP contribution in [0.15, 0.2) is 49.1 Å². The third-order valence-corrected chi connectivity index (χ3v) is 7.41. The number of hydrogen-bond acceptors (Lipinski definition) is 7. The third-order valence-electron chi connectivity index (χ3n) is 7.41. The van der Waals surface area contributed by atoms with Crippen molar-refractivity contribution in [1.82, 2.24) is 34.3 Å². The van der Waals surface area contributed by atoms with Crippen molar-refractivity contribution in [2.24, 2.45) is 5.92 Å². The van der Waals surface area contributed by atoms with E-state index < -0.39 is 11.8 Å². The lowest BCUT2D eigenvalue weighted by Gasteiger charge is -2.11. The van der Waals surface area contributed by atoms with E-state index in [2.05, 4.69) is 32.2 Å². The molecule has 0 saturated heterocycles. The van der Waals surface area contributed by atoms with Gasteiger partial charge in [-0.25, -0.2) is 23.3 Å². The van der Waals surface area contributed by atoms with Crippen LogP contribution in [-0.4, -0.2) is 54.5 Å². The first-order chi connectivity index (χ1) is 17.9. The number of fused-ring (bicyclic) bond motifs is 2. The molecule has 0 aliphatic heterocycles. The van der Waals surface area contributed by atoms with Gasteiger partial charge >= 0.3 is 6.01 Å². The first-order valence-electron chi connectivity index (χ1n) is 12.1. The molecule has 5 aromatic rings. The predicted octanol–water partition coefficient (Wildman–Crippen LogP) is 4.48.